The molecule has 2 aromatic rings. The monoisotopic (exact) mass is 290 g/mol. The standard InChI is InChI=1S/C16H15ClO3/c1-10-6-7-12(14(17)8-10)9-20-15-5-3-4-13(11(15)2)16(18)19/h3-8H,9H2,1-2H3,(H,18,19). The van der Waals surface area contributed by atoms with Crippen molar-refractivity contribution in [2.75, 3.05) is 0 Å². The molecule has 0 saturated carbocycles. The molecule has 0 aliphatic carbocycles. The maximum atomic E-state index is 11.1. The summed E-state index contributed by atoms with van der Waals surface area (Å²) in [5.41, 5.74) is 2.82. The lowest BCUT2D eigenvalue weighted by Gasteiger charge is -2.12. The van der Waals surface area contributed by atoms with Gasteiger partial charge in [0.1, 0.15) is 12.4 Å². The number of carboxylic acids is 1. The van der Waals surface area contributed by atoms with Crippen molar-refractivity contribution in [3.8, 4) is 5.75 Å². The maximum Gasteiger partial charge on any atom is 0.336 e. The lowest BCUT2D eigenvalue weighted by molar-refractivity contribution is 0.0695. The van der Waals surface area contributed by atoms with Crippen LogP contribution >= 0.6 is 11.6 Å². The molecule has 2 aromatic carbocycles. The summed E-state index contributed by atoms with van der Waals surface area (Å²) in [5.74, 6) is -0.400. The third-order valence-corrected chi connectivity index (χ3v) is 3.46. The van der Waals surface area contributed by atoms with Crippen LogP contribution in [0.2, 0.25) is 5.02 Å². The molecule has 0 aliphatic rings. The highest BCUT2D eigenvalue weighted by Gasteiger charge is 2.11. The minimum atomic E-state index is -0.957. The van der Waals surface area contributed by atoms with Crippen molar-refractivity contribution in [3.63, 3.8) is 0 Å². The predicted molar refractivity (Wildman–Crippen MR) is 78.7 cm³/mol. The Hall–Kier alpha value is -2.00. The van der Waals surface area contributed by atoms with E-state index >= 15 is 0 Å². The number of rotatable bonds is 4. The van der Waals surface area contributed by atoms with Gasteiger partial charge in [-0.05, 0) is 37.6 Å². The minimum absolute atomic E-state index is 0.248. The number of hydrogen-bond donors (Lipinski definition) is 1. The molecule has 0 radical (unpaired) electrons. The highest BCUT2D eigenvalue weighted by atomic mass is 35.5. The molecule has 0 heterocycles. The zero-order valence-electron chi connectivity index (χ0n) is 11.3. The van der Waals surface area contributed by atoms with Crippen molar-refractivity contribution in [3.05, 3.63) is 63.7 Å². The van der Waals surface area contributed by atoms with Gasteiger partial charge in [-0.3, -0.25) is 0 Å². The molecule has 0 fully saturated rings. The number of aromatic carboxylic acids is 1. The molecular formula is C16H15ClO3. The SMILES string of the molecule is Cc1ccc(COc2cccc(C(=O)O)c2C)c(Cl)c1. The van der Waals surface area contributed by atoms with E-state index in [0.717, 1.165) is 11.1 Å². The van der Waals surface area contributed by atoms with Gasteiger partial charge < -0.3 is 9.84 Å². The third kappa shape index (κ3) is 3.11. The molecule has 2 rings (SSSR count). The molecule has 104 valence electrons. The molecule has 0 spiro atoms. The molecule has 4 heteroatoms. The van der Waals surface area contributed by atoms with Crippen molar-refractivity contribution in [2.24, 2.45) is 0 Å². The Morgan fingerprint density at radius 2 is 2.00 bits per heavy atom. The van der Waals surface area contributed by atoms with Crippen LogP contribution in [-0.4, -0.2) is 11.1 Å². The van der Waals surface area contributed by atoms with E-state index in [0.29, 0.717) is 22.9 Å². The van der Waals surface area contributed by atoms with E-state index in [1.54, 1.807) is 25.1 Å². The van der Waals surface area contributed by atoms with Crippen molar-refractivity contribution >= 4 is 17.6 Å². The molecule has 0 aromatic heterocycles. The van der Waals surface area contributed by atoms with Crippen LogP contribution in [0.1, 0.15) is 27.0 Å². The van der Waals surface area contributed by atoms with Crippen LogP contribution < -0.4 is 4.74 Å². The molecular weight excluding hydrogens is 276 g/mol. The molecule has 1 N–H and O–H groups in total. The molecule has 0 unspecified atom stereocenters. The fourth-order valence-electron chi connectivity index (χ4n) is 1.93. The summed E-state index contributed by atoms with van der Waals surface area (Å²) in [6.07, 6.45) is 0. The average molecular weight is 291 g/mol. The quantitative estimate of drug-likeness (QED) is 0.916. The Labute approximate surface area is 122 Å². The molecule has 3 nitrogen and oxygen atoms in total. The first-order valence-corrected chi connectivity index (χ1v) is 6.57. The molecule has 0 saturated heterocycles. The first kappa shape index (κ1) is 14.4. The highest BCUT2D eigenvalue weighted by molar-refractivity contribution is 6.31. The van der Waals surface area contributed by atoms with E-state index in [4.69, 9.17) is 21.4 Å². The van der Waals surface area contributed by atoms with Gasteiger partial charge in [0, 0.05) is 16.1 Å². The Balaban J connectivity index is 2.19. The van der Waals surface area contributed by atoms with Gasteiger partial charge in [-0.25, -0.2) is 4.79 Å². The van der Waals surface area contributed by atoms with Gasteiger partial charge in [-0.15, -0.1) is 0 Å². The molecule has 0 aliphatic heterocycles. The summed E-state index contributed by atoms with van der Waals surface area (Å²) < 4.78 is 5.69. The van der Waals surface area contributed by atoms with E-state index in [2.05, 4.69) is 0 Å². The summed E-state index contributed by atoms with van der Waals surface area (Å²) in [6.45, 7) is 4.01. The highest BCUT2D eigenvalue weighted by Crippen LogP contribution is 2.24. The predicted octanol–water partition coefficient (Wildman–Crippen LogP) is 4.23. The summed E-state index contributed by atoms with van der Waals surface area (Å²) in [5, 5.41) is 9.72. The number of halogens is 1. The second kappa shape index (κ2) is 5.97. The number of aryl methyl sites for hydroxylation is 1. The van der Waals surface area contributed by atoms with Gasteiger partial charge in [0.05, 0.1) is 5.56 Å². The fourth-order valence-corrected chi connectivity index (χ4v) is 2.22. The average Bonchev–Trinajstić information content (AvgIpc) is 2.39. The van der Waals surface area contributed by atoms with Crippen LogP contribution in [0.3, 0.4) is 0 Å². The first-order chi connectivity index (χ1) is 9.49. The summed E-state index contributed by atoms with van der Waals surface area (Å²) in [6, 6.07) is 10.7. The van der Waals surface area contributed by atoms with E-state index in [1.807, 2.05) is 25.1 Å². The third-order valence-electron chi connectivity index (χ3n) is 3.11. The Bertz CT molecular complexity index is 650. The van der Waals surface area contributed by atoms with E-state index in [-0.39, 0.29) is 5.56 Å². The largest absolute Gasteiger partial charge is 0.489 e. The van der Waals surface area contributed by atoms with Crippen LogP contribution in [0.4, 0.5) is 0 Å². The zero-order chi connectivity index (χ0) is 14.7. The van der Waals surface area contributed by atoms with Crippen molar-refractivity contribution in [1.82, 2.24) is 0 Å². The van der Waals surface area contributed by atoms with E-state index in [9.17, 15) is 4.79 Å². The van der Waals surface area contributed by atoms with Gasteiger partial charge in [0.25, 0.3) is 0 Å². The Morgan fingerprint density at radius 1 is 1.25 bits per heavy atom. The van der Waals surface area contributed by atoms with Gasteiger partial charge in [-0.2, -0.15) is 0 Å². The molecule has 0 amide bonds. The smallest absolute Gasteiger partial charge is 0.336 e. The normalized spacial score (nSPS) is 10.3. The van der Waals surface area contributed by atoms with Gasteiger partial charge in [-0.1, -0.05) is 29.8 Å². The zero-order valence-corrected chi connectivity index (χ0v) is 12.1. The van der Waals surface area contributed by atoms with Gasteiger partial charge >= 0.3 is 5.97 Å². The second-order valence-electron chi connectivity index (χ2n) is 4.62. The van der Waals surface area contributed by atoms with Crippen molar-refractivity contribution in [2.45, 2.75) is 20.5 Å². The summed E-state index contributed by atoms with van der Waals surface area (Å²) in [4.78, 5) is 11.1. The van der Waals surface area contributed by atoms with Crippen LogP contribution in [0, 0.1) is 13.8 Å². The Kier molecular flexibility index (Phi) is 4.30. The maximum absolute atomic E-state index is 11.1. The van der Waals surface area contributed by atoms with Gasteiger partial charge in [0.15, 0.2) is 0 Å². The lowest BCUT2D eigenvalue weighted by atomic mass is 10.1. The molecule has 20 heavy (non-hydrogen) atoms. The number of ether oxygens (including phenoxy) is 1. The van der Waals surface area contributed by atoms with Crippen molar-refractivity contribution < 1.29 is 14.6 Å². The number of carbonyl (C=O) groups is 1. The summed E-state index contributed by atoms with van der Waals surface area (Å²) in [7, 11) is 0. The number of hydrogen-bond acceptors (Lipinski definition) is 2. The number of carboxylic acid groups (broad SMARTS) is 1. The topological polar surface area (TPSA) is 46.5 Å². The molecule has 0 bridgehead atoms. The fraction of sp³-hybridized carbons (Fsp3) is 0.188. The minimum Gasteiger partial charge on any atom is -0.489 e. The second-order valence-corrected chi connectivity index (χ2v) is 5.02. The lowest BCUT2D eigenvalue weighted by Crippen LogP contribution is -2.03. The van der Waals surface area contributed by atoms with Crippen LogP contribution in [-0.2, 0) is 6.61 Å². The van der Waals surface area contributed by atoms with Crippen LogP contribution in [0.5, 0.6) is 5.75 Å². The molecule has 0 atom stereocenters. The number of benzene rings is 2. The van der Waals surface area contributed by atoms with Gasteiger partial charge in [0.2, 0.25) is 0 Å². The first-order valence-electron chi connectivity index (χ1n) is 6.20. The van der Waals surface area contributed by atoms with E-state index < -0.39 is 5.97 Å². The summed E-state index contributed by atoms with van der Waals surface area (Å²) >= 11 is 6.14. The van der Waals surface area contributed by atoms with Crippen LogP contribution in [0.15, 0.2) is 36.4 Å². The van der Waals surface area contributed by atoms with Crippen LogP contribution in [0.25, 0.3) is 0 Å². The Morgan fingerprint density at radius 3 is 2.65 bits per heavy atom. The van der Waals surface area contributed by atoms with Crippen molar-refractivity contribution in [1.29, 1.82) is 0 Å². The van der Waals surface area contributed by atoms with E-state index in [1.165, 1.54) is 0 Å².